The molecule has 1 atom stereocenters. The summed E-state index contributed by atoms with van der Waals surface area (Å²) >= 11 is 0. The Hall–Kier alpha value is -1.55. The van der Waals surface area contributed by atoms with E-state index in [0.717, 1.165) is 31.9 Å². The number of carbonyl (C=O) groups excluding carboxylic acids is 1. The Bertz CT molecular complexity index is 451. The van der Waals surface area contributed by atoms with E-state index in [9.17, 15) is 4.79 Å². The second-order valence-electron chi connectivity index (χ2n) is 5.52. The molecule has 0 aliphatic carbocycles. The Morgan fingerprint density at radius 1 is 1.21 bits per heavy atom. The zero-order valence-corrected chi connectivity index (χ0v) is 11.4. The molecule has 0 spiro atoms. The number of carbonyl (C=O) groups is 1. The number of piperazine rings is 1. The average Bonchev–Trinajstić information content (AvgIpc) is 2.96. The number of hydrogen-bond acceptors (Lipinski definition) is 3. The Morgan fingerprint density at radius 2 is 2.00 bits per heavy atom. The van der Waals surface area contributed by atoms with Crippen molar-refractivity contribution in [2.45, 2.75) is 12.3 Å². The first-order valence-corrected chi connectivity index (χ1v) is 7.03. The summed E-state index contributed by atoms with van der Waals surface area (Å²) in [6.45, 7) is 4.45. The molecule has 1 amide bonds. The zero-order valence-electron chi connectivity index (χ0n) is 11.4. The summed E-state index contributed by atoms with van der Waals surface area (Å²) in [4.78, 5) is 15.7. The minimum absolute atomic E-state index is 0.204. The molecular weight excluding hydrogens is 238 g/mol. The topological polar surface area (TPSA) is 35.6 Å². The van der Waals surface area contributed by atoms with Crippen LogP contribution in [-0.4, -0.2) is 50.6 Å². The van der Waals surface area contributed by atoms with Gasteiger partial charge < -0.3 is 15.1 Å². The summed E-state index contributed by atoms with van der Waals surface area (Å²) in [5.41, 5.74) is 2.57. The van der Waals surface area contributed by atoms with Crippen LogP contribution in [0.25, 0.3) is 0 Å². The molecule has 0 aromatic heterocycles. The molecular formula is C15H21N3O. The largest absolute Gasteiger partial charge is 0.360 e. The highest BCUT2D eigenvalue weighted by atomic mass is 16.2. The quantitative estimate of drug-likeness (QED) is 0.862. The fourth-order valence-corrected chi connectivity index (χ4v) is 2.88. The maximum atomic E-state index is 11.7. The van der Waals surface area contributed by atoms with Gasteiger partial charge in [0, 0.05) is 32.4 Å². The molecule has 19 heavy (non-hydrogen) atoms. The van der Waals surface area contributed by atoms with Crippen LogP contribution in [-0.2, 0) is 4.79 Å². The normalized spacial score (nSPS) is 24.1. The number of rotatable bonds is 2. The lowest BCUT2D eigenvalue weighted by Gasteiger charge is -2.33. The molecule has 0 bridgehead atoms. The zero-order chi connectivity index (χ0) is 13.2. The highest BCUT2D eigenvalue weighted by molar-refractivity contribution is 5.82. The Balaban J connectivity index is 1.70. The van der Waals surface area contributed by atoms with E-state index >= 15 is 0 Å². The van der Waals surface area contributed by atoms with E-state index in [1.807, 2.05) is 7.05 Å². The van der Waals surface area contributed by atoms with Crippen LogP contribution in [0.3, 0.4) is 0 Å². The van der Waals surface area contributed by atoms with Gasteiger partial charge in [0.25, 0.3) is 0 Å². The predicted molar refractivity (Wildman–Crippen MR) is 76.5 cm³/mol. The van der Waals surface area contributed by atoms with Gasteiger partial charge in [-0.1, -0.05) is 12.1 Å². The average molecular weight is 259 g/mol. The number of likely N-dealkylation sites (N-methyl/N-ethyl adjacent to an activating group) is 1. The van der Waals surface area contributed by atoms with Crippen LogP contribution in [0.2, 0.25) is 0 Å². The van der Waals surface area contributed by atoms with Gasteiger partial charge in [0.15, 0.2) is 0 Å². The fraction of sp³-hybridized carbons (Fsp3) is 0.533. The first-order valence-electron chi connectivity index (χ1n) is 7.03. The molecule has 2 fully saturated rings. The second kappa shape index (κ2) is 5.21. The molecule has 2 heterocycles. The lowest BCUT2D eigenvalue weighted by Crippen LogP contribution is -2.48. The van der Waals surface area contributed by atoms with E-state index in [2.05, 4.69) is 34.5 Å². The third kappa shape index (κ3) is 2.59. The fourth-order valence-electron chi connectivity index (χ4n) is 2.88. The molecule has 1 N–H and O–H groups in total. The predicted octanol–water partition coefficient (Wildman–Crippen LogP) is 1.04. The first kappa shape index (κ1) is 12.5. The van der Waals surface area contributed by atoms with Gasteiger partial charge in [0.2, 0.25) is 5.91 Å². The molecule has 1 aromatic carbocycles. The van der Waals surface area contributed by atoms with E-state index in [1.165, 1.54) is 12.0 Å². The van der Waals surface area contributed by atoms with Crippen LogP contribution in [0.15, 0.2) is 24.3 Å². The summed E-state index contributed by atoms with van der Waals surface area (Å²) in [5, 5.41) is 3.40. The summed E-state index contributed by atoms with van der Waals surface area (Å²) in [5.74, 6) is 0.860. The second-order valence-corrected chi connectivity index (χ2v) is 5.52. The van der Waals surface area contributed by atoms with Crippen molar-refractivity contribution < 1.29 is 4.79 Å². The molecule has 2 saturated heterocycles. The van der Waals surface area contributed by atoms with Gasteiger partial charge in [-0.05, 0) is 36.6 Å². The van der Waals surface area contributed by atoms with Gasteiger partial charge in [0.1, 0.15) is 0 Å². The number of amides is 1. The van der Waals surface area contributed by atoms with Crippen molar-refractivity contribution in [3.63, 3.8) is 0 Å². The molecule has 1 aromatic rings. The molecule has 4 nitrogen and oxygen atoms in total. The molecule has 0 radical (unpaired) electrons. The van der Waals surface area contributed by atoms with Crippen molar-refractivity contribution in [1.29, 1.82) is 0 Å². The standard InChI is InChI=1S/C15H21N3O/c1-17-8-9-18(11-15(17)19)14-4-2-12(3-5-14)13-6-7-16-10-13/h2-5,13,16H,6-11H2,1H3. The van der Waals surface area contributed by atoms with E-state index in [1.54, 1.807) is 4.90 Å². The van der Waals surface area contributed by atoms with Crippen LogP contribution >= 0.6 is 0 Å². The minimum Gasteiger partial charge on any atom is -0.360 e. The van der Waals surface area contributed by atoms with E-state index in [-0.39, 0.29) is 5.91 Å². The molecule has 1 unspecified atom stereocenters. The Labute approximate surface area is 114 Å². The highest BCUT2D eigenvalue weighted by Crippen LogP contribution is 2.25. The van der Waals surface area contributed by atoms with Gasteiger partial charge in [-0.15, -0.1) is 0 Å². The highest BCUT2D eigenvalue weighted by Gasteiger charge is 2.21. The summed E-state index contributed by atoms with van der Waals surface area (Å²) < 4.78 is 0. The van der Waals surface area contributed by atoms with Crippen molar-refractivity contribution in [3.8, 4) is 0 Å². The maximum absolute atomic E-state index is 11.7. The van der Waals surface area contributed by atoms with Crippen molar-refractivity contribution in [3.05, 3.63) is 29.8 Å². The van der Waals surface area contributed by atoms with Crippen molar-refractivity contribution in [2.24, 2.45) is 0 Å². The number of anilines is 1. The van der Waals surface area contributed by atoms with Crippen LogP contribution in [0, 0.1) is 0 Å². The Kier molecular flexibility index (Phi) is 3.42. The van der Waals surface area contributed by atoms with Crippen molar-refractivity contribution in [2.75, 3.05) is 44.7 Å². The first-order chi connectivity index (χ1) is 9.24. The molecule has 4 heteroatoms. The lowest BCUT2D eigenvalue weighted by molar-refractivity contribution is -0.129. The third-order valence-electron chi connectivity index (χ3n) is 4.25. The van der Waals surface area contributed by atoms with Crippen molar-refractivity contribution in [1.82, 2.24) is 10.2 Å². The van der Waals surface area contributed by atoms with Gasteiger partial charge in [-0.3, -0.25) is 4.79 Å². The smallest absolute Gasteiger partial charge is 0.241 e. The lowest BCUT2D eigenvalue weighted by atomic mass is 9.98. The number of nitrogens with one attached hydrogen (secondary N) is 1. The van der Waals surface area contributed by atoms with Crippen LogP contribution in [0.1, 0.15) is 17.9 Å². The Morgan fingerprint density at radius 3 is 2.63 bits per heavy atom. The van der Waals surface area contributed by atoms with Gasteiger partial charge in [0.05, 0.1) is 6.54 Å². The van der Waals surface area contributed by atoms with E-state index in [0.29, 0.717) is 12.5 Å². The number of nitrogens with zero attached hydrogens (tertiary/aromatic N) is 2. The van der Waals surface area contributed by atoms with Crippen LogP contribution in [0.5, 0.6) is 0 Å². The number of hydrogen-bond donors (Lipinski definition) is 1. The van der Waals surface area contributed by atoms with E-state index < -0.39 is 0 Å². The summed E-state index contributed by atoms with van der Waals surface area (Å²) in [7, 11) is 1.87. The summed E-state index contributed by atoms with van der Waals surface area (Å²) in [6.07, 6.45) is 1.23. The maximum Gasteiger partial charge on any atom is 0.241 e. The van der Waals surface area contributed by atoms with Crippen molar-refractivity contribution >= 4 is 11.6 Å². The van der Waals surface area contributed by atoms with Gasteiger partial charge in [-0.2, -0.15) is 0 Å². The molecule has 0 saturated carbocycles. The minimum atomic E-state index is 0.204. The number of benzene rings is 1. The van der Waals surface area contributed by atoms with E-state index in [4.69, 9.17) is 0 Å². The molecule has 3 rings (SSSR count). The molecule has 102 valence electrons. The monoisotopic (exact) mass is 259 g/mol. The third-order valence-corrected chi connectivity index (χ3v) is 4.25. The van der Waals surface area contributed by atoms with Crippen LogP contribution in [0.4, 0.5) is 5.69 Å². The van der Waals surface area contributed by atoms with Gasteiger partial charge in [-0.25, -0.2) is 0 Å². The molecule has 2 aliphatic heterocycles. The van der Waals surface area contributed by atoms with Gasteiger partial charge >= 0.3 is 0 Å². The molecule has 2 aliphatic rings. The summed E-state index contributed by atoms with van der Waals surface area (Å²) in [6, 6.07) is 8.75. The SMILES string of the molecule is CN1CCN(c2ccc(C3CCNC3)cc2)CC1=O. The van der Waals surface area contributed by atoms with Crippen LogP contribution < -0.4 is 10.2 Å².